The molecule has 3 aliphatic heterocycles. The highest BCUT2D eigenvalue weighted by molar-refractivity contribution is 7.12. The number of nitrogens with zero attached hydrogens (tertiary/aromatic N) is 5. The van der Waals surface area contributed by atoms with Gasteiger partial charge in [-0.25, -0.2) is 23.9 Å². The number of aromatic nitrogens is 5. The first kappa shape index (κ1) is 47.2. The molecule has 6 aromatic rings. The molecule has 2 aromatic carbocycles. The van der Waals surface area contributed by atoms with Gasteiger partial charge >= 0.3 is 12.2 Å². The van der Waals surface area contributed by atoms with Crippen LogP contribution in [0.2, 0.25) is 19.1 Å². The molecule has 4 aliphatic rings. The number of likely N-dealkylation sites (tertiary alicyclic amines) is 1. The van der Waals surface area contributed by atoms with Gasteiger partial charge in [0.25, 0.3) is 0 Å². The van der Waals surface area contributed by atoms with Crippen molar-refractivity contribution in [1.82, 2.24) is 44.9 Å². The maximum Gasteiger partial charge on any atom is 0.407 e. The molecule has 4 aromatic heterocycles. The summed E-state index contributed by atoms with van der Waals surface area (Å²) in [7, 11) is 0.718. The fourth-order valence-electron chi connectivity index (χ4n) is 10.5. The van der Waals surface area contributed by atoms with Gasteiger partial charge in [-0.15, -0.1) is 11.3 Å². The van der Waals surface area contributed by atoms with E-state index in [1.807, 2.05) is 56.9 Å². The highest BCUT2D eigenvalue weighted by atomic mass is 32.1. The number of nitrogens with one attached hydrogen (secondary N) is 4. The van der Waals surface area contributed by atoms with Crippen molar-refractivity contribution in [2.75, 3.05) is 26.9 Å². The number of carbonyl (C=O) groups excluding carboxylic acids is 4. The lowest BCUT2D eigenvalue weighted by Crippen LogP contribution is -2.52. The van der Waals surface area contributed by atoms with E-state index in [1.165, 1.54) is 38.0 Å². The van der Waals surface area contributed by atoms with Crippen molar-refractivity contribution in [2.24, 2.45) is 11.8 Å². The zero-order valence-corrected chi connectivity index (χ0v) is 42.5. The molecule has 19 heteroatoms. The number of aromatic amines is 2. The first-order valence-electron chi connectivity index (χ1n) is 24.2. The Bertz CT molecular complexity index is 3010. The smallest absolute Gasteiger partial charge is 0.407 e. The average molecular weight is 990 g/mol. The van der Waals surface area contributed by atoms with Crippen molar-refractivity contribution in [3.8, 4) is 39.5 Å². The fourth-order valence-corrected chi connectivity index (χ4v) is 14.6. The highest BCUT2D eigenvalue weighted by Crippen LogP contribution is 2.50. The van der Waals surface area contributed by atoms with Gasteiger partial charge in [0.1, 0.15) is 35.3 Å². The summed E-state index contributed by atoms with van der Waals surface area (Å²) in [5, 5.41) is 6.34. The molecule has 368 valence electrons. The third-order valence-electron chi connectivity index (χ3n) is 14.3. The number of carbonyl (C=O) groups is 4. The normalized spacial score (nSPS) is 20.3. The van der Waals surface area contributed by atoms with Gasteiger partial charge < -0.3 is 44.6 Å². The van der Waals surface area contributed by atoms with Crippen LogP contribution in [-0.2, 0) is 19.1 Å². The van der Waals surface area contributed by atoms with E-state index in [4.69, 9.17) is 24.2 Å². The highest BCUT2D eigenvalue weighted by Gasteiger charge is 2.46. The van der Waals surface area contributed by atoms with E-state index in [0.717, 1.165) is 39.5 Å². The summed E-state index contributed by atoms with van der Waals surface area (Å²) in [6, 6.07) is 14.5. The van der Waals surface area contributed by atoms with Crippen LogP contribution in [0.1, 0.15) is 99.0 Å². The second kappa shape index (κ2) is 18.4. The molecule has 1 aliphatic carbocycles. The molecule has 5 atom stereocenters. The Balaban J connectivity index is 0.972. The van der Waals surface area contributed by atoms with Gasteiger partial charge in [-0.05, 0) is 91.9 Å². The number of fused-ring (bicyclic) bond motifs is 5. The van der Waals surface area contributed by atoms with Crippen molar-refractivity contribution in [2.45, 2.75) is 109 Å². The molecule has 0 radical (unpaired) electrons. The predicted octanol–water partition coefficient (Wildman–Crippen LogP) is 9.66. The molecule has 16 nitrogen and oxygen atoms in total. The summed E-state index contributed by atoms with van der Waals surface area (Å²) < 4.78 is 35.6. The van der Waals surface area contributed by atoms with Crippen LogP contribution in [0.3, 0.4) is 0 Å². The molecule has 0 bridgehead atoms. The SMILES string of the molecule is COC(=O)N[C@H](C(=O)N1CCC[C@H]1c1ncc(-c2cc(F)c3c(c2)O[C@@H](c2ccc(C4CC4)s2)n2c-3cc3cc(-c4cnc([C@@H]5C[Si](C)(C)CN5C(=O)[C@@H](NC(=O)OC)C(C)C)[nH]4)ccc32)[nH]1)C(C)C. The van der Waals surface area contributed by atoms with E-state index in [-0.39, 0.29) is 35.7 Å². The molecule has 10 rings (SSSR count). The van der Waals surface area contributed by atoms with Crippen LogP contribution in [0.5, 0.6) is 5.75 Å². The number of alkyl carbamates (subject to hydrolysis) is 2. The monoisotopic (exact) mass is 989 g/mol. The average Bonchev–Trinajstić information content (AvgIpc) is 4.01. The summed E-state index contributed by atoms with van der Waals surface area (Å²) in [5.41, 5.74) is 4.72. The predicted molar refractivity (Wildman–Crippen MR) is 266 cm³/mol. The van der Waals surface area contributed by atoms with Gasteiger partial charge in [-0.2, -0.15) is 0 Å². The lowest BCUT2D eigenvalue weighted by molar-refractivity contribution is -0.136. The molecule has 4 amide bonds. The van der Waals surface area contributed by atoms with Crippen molar-refractivity contribution >= 4 is 54.3 Å². The number of ether oxygens (including phenoxy) is 3. The second-order valence-corrected chi connectivity index (χ2v) is 26.8. The minimum absolute atomic E-state index is 0.153. The third-order valence-corrected chi connectivity index (χ3v) is 18.2. The first-order chi connectivity index (χ1) is 33.5. The minimum atomic E-state index is -1.84. The van der Waals surface area contributed by atoms with Gasteiger partial charge in [-0.3, -0.25) is 14.2 Å². The quantitative estimate of drug-likeness (QED) is 0.0866. The number of imidazole rings is 2. The van der Waals surface area contributed by atoms with Crippen molar-refractivity contribution < 1.29 is 37.8 Å². The number of methoxy groups -OCH3 is 2. The number of thiophene rings is 1. The molecule has 1 saturated carbocycles. The molecular weight excluding hydrogens is 930 g/mol. The summed E-state index contributed by atoms with van der Waals surface area (Å²) in [6.45, 7) is 12.6. The minimum Gasteiger partial charge on any atom is -0.464 e. The zero-order valence-electron chi connectivity index (χ0n) is 40.7. The number of amides is 4. The summed E-state index contributed by atoms with van der Waals surface area (Å²) >= 11 is 1.73. The summed E-state index contributed by atoms with van der Waals surface area (Å²) in [4.78, 5) is 74.8. The first-order valence-corrected chi connectivity index (χ1v) is 28.4. The van der Waals surface area contributed by atoms with E-state index in [1.54, 1.807) is 28.6 Å². The maximum absolute atomic E-state index is 17.0. The Kier molecular flexibility index (Phi) is 12.4. The number of halogens is 1. The molecule has 4 N–H and O–H groups in total. The maximum atomic E-state index is 17.0. The number of H-pyrrole nitrogens is 2. The lowest BCUT2D eigenvalue weighted by Gasteiger charge is -2.30. The largest absolute Gasteiger partial charge is 0.464 e. The van der Waals surface area contributed by atoms with Gasteiger partial charge in [0.05, 0.1) is 79.8 Å². The van der Waals surface area contributed by atoms with Gasteiger partial charge in [-0.1, -0.05) is 46.9 Å². The topological polar surface area (TPSA) is 189 Å². The molecule has 7 heterocycles. The molecule has 70 heavy (non-hydrogen) atoms. The van der Waals surface area contributed by atoms with Crippen LogP contribution < -0.4 is 15.4 Å². The van der Waals surface area contributed by atoms with E-state index in [9.17, 15) is 19.2 Å². The Morgan fingerprint density at radius 2 is 1.43 bits per heavy atom. The Hall–Kier alpha value is -6.47. The molecule has 2 saturated heterocycles. The molecule has 0 spiro atoms. The number of benzene rings is 2. The second-order valence-electron chi connectivity index (χ2n) is 20.6. The van der Waals surface area contributed by atoms with Crippen LogP contribution in [0.25, 0.3) is 44.7 Å². The van der Waals surface area contributed by atoms with Crippen molar-refractivity contribution in [3.63, 3.8) is 0 Å². The zero-order chi connectivity index (χ0) is 49.3. The number of hydrogen-bond acceptors (Lipinski definition) is 10. The Labute approximate surface area is 410 Å². The Morgan fingerprint density at radius 3 is 2.07 bits per heavy atom. The van der Waals surface area contributed by atoms with Gasteiger partial charge in [0.2, 0.25) is 18.0 Å². The van der Waals surface area contributed by atoms with Crippen LogP contribution in [0, 0.1) is 17.7 Å². The standard InChI is InChI=1S/C51H60FN9O7SSi/c1-26(2)43(57-50(64)66-5)47(62)59-17-9-10-36(59)45-53-23-34(56-45)30-19-32(52)42-37-20-31-18-29(13-14-35(31)61(37)49(68-39(42)21-30)41-16-15-40(69-41)28-11-12-28)33-22-54-46(55-33)38-24-70(7,8)25-60(38)48(63)44(27(3)4)58-51(65)67-6/h13-16,18-23,26-28,36,38,43-44,49H,9-12,17,24-25H2,1-8H3,(H,53,56)(H,54,55)(H,57,64)(H,58,65)/t36-,38-,43-,44-,49-/m0/s1. The number of rotatable bonds is 12. The van der Waals surface area contributed by atoms with Crippen LogP contribution in [-0.4, -0.2) is 105 Å². The van der Waals surface area contributed by atoms with Crippen molar-refractivity contribution in [3.05, 3.63) is 88.1 Å². The van der Waals surface area contributed by atoms with E-state index in [0.29, 0.717) is 65.0 Å². The molecule has 3 fully saturated rings. The van der Waals surface area contributed by atoms with E-state index >= 15 is 4.39 Å². The summed E-state index contributed by atoms with van der Waals surface area (Å²) in [5.74, 6) is 1.08. The van der Waals surface area contributed by atoms with Crippen molar-refractivity contribution in [1.29, 1.82) is 0 Å². The third kappa shape index (κ3) is 8.75. The number of hydrogen-bond donors (Lipinski definition) is 4. The lowest BCUT2D eigenvalue weighted by atomic mass is 10.0. The van der Waals surface area contributed by atoms with Crippen LogP contribution >= 0.6 is 11.3 Å². The van der Waals surface area contributed by atoms with Crippen LogP contribution in [0.4, 0.5) is 14.0 Å². The van der Waals surface area contributed by atoms with E-state index in [2.05, 4.69) is 56.5 Å². The Morgan fingerprint density at radius 1 is 0.800 bits per heavy atom. The summed E-state index contributed by atoms with van der Waals surface area (Å²) in [6.07, 6.45) is 6.01. The molecule has 0 unspecified atom stereocenters. The van der Waals surface area contributed by atoms with Crippen LogP contribution in [0.15, 0.2) is 60.9 Å². The van der Waals surface area contributed by atoms with Gasteiger partial charge in [0, 0.05) is 34.1 Å². The van der Waals surface area contributed by atoms with E-state index < -0.39 is 44.4 Å². The van der Waals surface area contributed by atoms with Gasteiger partial charge in [0.15, 0.2) is 0 Å². The molecular formula is C51H60FN9O7SSi. The fraction of sp³-hybridized carbons (Fsp3) is 0.451.